The molecule has 2 aromatic rings. The molecule has 2 aromatic heterocycles. The lowest BCUT2D eigenvalue weighted by Crippen LogP contribution is -2.11. The summed E-state index contributed by atoms with van der Waals surface area (Å²) in [6, 6.07) is 0.854. The van der Waals surface area contributed by atoms with Gasteiger partial charge in [0, 0.05) is 6.21 Å². The predicted octanol–water partition coefficient (Wildman–Crippen LogP) is 4.23. The minimum absolute atomic E-state index is 0.0511. The number of thiazole rings is 1. The zero-order chi connectivity index (χ0) is 19.3. The number of halogens is 3. The van der Waals surface area contributed by atoms with Crippen LogP contribution in [0.4, 0.5) is 9.52 Å². The van der Waals surface area contributed by atoms with Crippen LogP contribution in [0.25, 0.3) is 5.76 Å². The van der Waals surface area contributed by atoms with Gasteiger partial charge in [-0.05, 0) is 13.0 Å². The molecule has 0 aliphatic carbocycles. The lowest BCUT2D eigenvalue weighted by molar-refractivity contribution is -0.137. The van der Waals surface area contributed by atoms with E-state index in [1.165, 1.54) is 13.3 Å². The van der Waals surface area contributed by atoms with E-state index in [0.717, 1.165) is 23.6 Å². The van der Waals surface area contributed by atoms with Crippen LogP contribution < -0.4 is 4.74 Å². The molecule has 2 rings (SSSR count). The van der Waals surface area contributed by atoms with Gasteiger partial charge in [-0.1, -0.05) is 34.5 Å². The number of aromatic nitrogens is 2. The van der Waals surface area contributed by atoms with E-state index >= 15 is 0 Å². The lowest BCUT2D eigenvalue weighted by atomic mass is 10.1. The molecular weight excluding hydrogens is 408 g/mol. The second kappa shape index (κ2) is 8.93. The van der Waals surface area contributed by atoms with E-state index in [-0.39, 0.29) is 28.0 Å². The highest BCUT2D eigenvalue weighted by Gasteiger charge is 2.21. The molecule has 138 valence electrons. The van der Waals surface area contributed by atoms with Crippen molar-refractivity contribution in [2.45, 2.75) is 6.92 Å². The van der Waals surface area contributed by atoms with Crippen molar-refractivity contribution in [3.63, 3.8) is 0 Å². The van der Waals surface area contributed by atoms with Gasteiger partial charge in [0.25, 0.3) is 0 Å². The van der Waals surface area contributed by atoms with Gasteiger partial charge in [0.1, 0.15) is 16.5 Å². The quantitative estimate of drug-likeness (QED) is 0.247. The summed E-state index contributed by atoms with van der Waals surface area (Å²) in [6.07, 6.45) is 2.48. The number of aliphatic hydroxyl groups is 1. The Labute approximate surface area is 161 Å². The first kappa shape index (κ1) is 20.1. The summed E-state index contributed by atoms with van der Waals surface area (Å²) in [5.74, 6) is -2.46. The third kappa shape index (κ3) is 4.69. The fourth-order valence-electron chi connectivity index (χ4n) is 1.70. The molecule has 0 aliphatic rings. The molecule has 0 aromatic carbocycles. The first-order valence-corrected chi connectivity index (χ1v) is 8.60. The summed E-state index contributed by atoms with van der Waals surface area (Å²) in [4.78, 5) is 23.7. The number of carbonyl (C=O) groups excluding carboxylic acids is 1. The molecule has 0 unspecified atom stereocenters. The Hall–Kier alpha value is -2.23. The molecule has 26 heavy (non-hydrogen) atoms. The van der Waals surface area contributed by atoms with Gasteiger partial charge in [0.2, 0.25) is 5.13 Å². The summed E-state index contributed by atoms with van der Waals surface area (Å²) >= 11 is 12.5. The third-order valence-electron chi connectivity index (χ3n) is 2.87. The van der Waals surface area contributed by atoms with Crippen LogP contribution in [-0.4, -0.2) is 41.0 Å². The number of aliphatic imine (C=N–C) groups is 1. The highest BCUT2D eigenvalue weighted by Crippen LogP contribution is 2.29. The van der Waals surface area contributed by atoms with Gasteiger partial charge in [0.15, 0.2) is 16.0 Å². The molecule has 0 saturated heterocycles. The van der Waals surface area contributed by atoms with Crippen LogP contribution in [0.5, 0.6) is 5.06 Å². The van der Waals surface area contributed by atoms with E-state index < -0.39 is 22.7 Å². The Kier molecular flexibility index (Phi) is 6.90. The molecule has 0 aliphatic heterocycles. The van der Waals surface area contributed by atoms with Crippen molar-refractivity contribution in [3.8, 4) is 5.06 Å². The van der Waals surface area contributed by atoms with Gasteiger partial charge in [0.05, 0.1) is 25.5 Å². The number of aliphatic hydroxyl groups excluding tert-OH is 1. The van der Waals surface area contributed by atoms with Gasteiger partial charge < -0.3 is 14.6 Å². The van der Waals surface area contributed by atoms with E-state index in [0.29, 0.717) is 5.06 Å². The fourth-order valence-corrected chi connectivity index (χ4v) is 2.69. The maximum Gasteiger partial charge on any atom is 0.343 e. The normalized spacial score (nSPS) is 12.2. The monoisotopic (exact) mass is 419 g/mol. The van der Waals surface area contributed by atoms with Crippen molar-refractivity contribution in [1.29, 1.82) is 0 Å². The number of hydrogen-bond acceptors (Lipinski definition) is 8. The molecule has 0 saturated carbocycles. The number of esters is 1. The van der Waals surface area contributed by atoms with Gasteiger partial charge in [-0.3, -0.25) is 0 Å². The van der Waals surface area contributed by atoms with Crippen LogP contribution in [0.2, 0.25) is 10.3 Å². The van der Waals surface area contributed by atoms with Crippen molar-refractivity contribution in [2.24, 2.45) is 4.99 Å². The number of nitrogens with zero attached hydrogens (tertiary/aromatic N) is 3. The first-order chi connectivity index (χ1) is 12.4. The fraction of sp³-hybridized carbons (Fsp3) is 0.200. The van der Waals surface area contributed by atoms with Crippen LogP contribution in [0.1, 0.15) is 12.5 Å². The highest BCUT2D eigenvalue weighted by molar-refractivity contribution is 7.17. The van der Waals surface area contributed by atoms with Crippen LogP contribution in [0.15, 0.2) is 22.8 Å². The molecule has 2 heterocycles. The Bertz CT molecular complexity index is 886. The maximum absolute atomic E-state index is 13.7. The van der Waals surface area contributed by atoms with Crippen molar-refractivity contribution >= 4 is 57.6 Å². The number of hydrogen-bond donors (Lipinski definition) is 1. The van der Waals surface area contributed by atoms with E-state index in [2.05, 4.69) is 15.0 Å². The molecule has 0 amide bonds. The van der Waals surface area contributed by atoms with Crippen LogP contribution >= 0.6 is 34.5 Å². The highest BCUT2D eigenvalue weighted by atomic mass is 35.5. The van der Waals surface area contributed by atoms with E-state index in [4.69, 9.17) is 32.7 Å². The van der Waals surface area contributed by atoms with Gasteiger partial charge in [-0.15, -0.1) is 0 Å². The molecule has 0 bridgehead atoms. The minimum atomic E-state index is -0.914. The molecule has 11 heteroatoms. The molecular formula is C15H12Cl2FN3O4S. The summed E-state index contributed by atoms with van der Waals surface area (Å²) in [5, 5.41) is 10.4. The Morgan fingerprint density at radius 3 is 2.81 bits per heavy atom. The van der Waals surface area contributed by atoms with Crippen LogP contribution in [0, 0.1) is 5.82 Å². The zero-order valence-corrected chi connectivity index (χ0v) is 15.8. The van der Waals surface area contributed by atoms with E-state index in [1.54, 1.807) is 6.92 Å². The van der Waals surface area contributed by atoms with Gasteiger partial charge in [-0.25, -0.2) is 24.1 Å². The first-order valence-electron chi connectivity index (χ1n) is 7.03. The average molecular weight is 420 g/mol. The molecule has 0 radical (unpaired) electrons. The molecule has 0 atom stereocenters. The zero-order valence-electron chi connectivity index (χ0n) is 13.5. The molecule has 0 fully saturated rings. The maximum atomic E-state index is 13.7. The number of pyridine rings is 1. The lowest BCUT2D eigenvalue weighted by Gasteiger charge is -2.08. The van der Waals surface area contributed by atoms with Crippen molar-refractivity contribution < 1.29 is 23.8 Å². The largest absolute Gasteiger partial charge is 0.506 e. The minimum Gasteiger partial charge on any atom is -0.506 e. The summed E-state index contributed by atoms with van der Waals surface area (Å²) in [6.45, 7) is 1.64. The summed E-state index contributed by atoms with van der Waals surface area (Å²) in [5.41, 5.74) is -0.591. The standard InChI is InChI=1S/C15H12Cl2FN3O4S/c1-3-25-14(23)8(5-19-15-20-6-10(24-2)26-15)11(22)7-4-9(18)13(17)21-12(7)16/h4-6,22H,3H2,1-2H3. The molecule has 0 spiro atoms. The van der Waals surface area contributed by atoms with Crippen LogP contribution in [-0.2, 0) is 9.53 Å². The van der Waals surface area contributed by atoms with E-state index in [1.807, 2.05) is 0 Å². The van der Waals surface area contributed by atoms with Crippen molar-refractivity contribution in [2.75, 3.05) is 13.7 Å². The number of carbonyl (C=O) groups is 1. The van der Waals surface area contributed by atoms with Gasteiger partial charge >= 0.3 is 5.97 Å². The number of methoxy groups -OCH3 is 1. The smallest absolute Gasteiger partial charge is 0.343 e. The average Bonchev–Trinajstić information content (AvgIpc) is 3.06. The Morgan fingerprint density at radius 1 is 1.46 bits per heavy atom. The van der Waals surface area contributed by atoms with Crippen LogP contribution in [0.3, 0.4) is 0 Å². The topological polar surface area (TPSA) is 93.9 Å². The van der Waals surface area contributed by atoms with Crippen molar-refractivity contribution in [1.82, 2.24) is 9.97 Å². The van der Waals surface area contributed by atoms with E-state index in [9.17, 15) is 14.3 Å². The summed E-state index contributed by atoms with van der Waals surface area (Å²) < 4.78 is 23.5. The van der Waals surface area contributed by atoms with Gasteiger partial charge in [-0.2, -0.15) is 0 Å². The predicted molar refractivity (Wildman–Crippen MR) is 97.2 cm³/mol. The SMILES string of the molecule is CCOC(=O)C(C=Nc1ncc(OC)s1)=C(O)c1cc(F)c(Cl)nc1Cl. The number of rotatable bonds is 6. The molecule has 1 N–H and O–H groups in total. The van der Waals surface area contributed by atoms with Crippen molar-refractivity contribution in [3.05, 3.63) is 39.5 Å². The molecule has 7 nitrogen and oxygen atoms in total. The Balaban J connectivity index is 2.50. The third-order valence-corrected chi connectivity index (χ3v) is 4.29. The Morgan fingerprint density at radius 2 is 2.19 bits per heavy atom. The second-order valence-electron chi connectivity index (χ2n) is 4.51. The second-order valence-corrected chi connectivity index (χ2v) is 6.19. The summed E-state index contributed by atoms with van der Waals surface area (Å²) in [7, 11) is 1.47. The number of ether oxygens (including phenoxy) is 2.